The van der Waals surface area contributed by atoms with E-state index in [1.807, 2.05) is 0 Å². The van der Waals surface area contributed by atoms with E-state index in [1.165, 1.54) is 12.1 Å². The van der Waals surface area contributed by atoms with Crippen molar-refractivity contribution in [2.75, 3.05) is 26.0 Å². The molecule has 0 heterocycles. The smallest absolute Gasteiger partial charge is 0.245 e. The molecule has 0 aliphatic carbocycles. The molecule has 0 radical (unpaired) electrons. The highest BCUT2D eigenvalue weighted by molar-refractivity contribution is 7.89. The van der Waals surface area contributed by atoms with Gasteiger partial charge in [0.1, 0.15) is 10.7 Å². The fourth-order valence-corrected chi connectivity index (χ4v) is 2.72. The SMILES string of the molecule is COCCCCNS(=O)(=O)c1c(N)cccc1F. The van der Waals surface area contributed by atoms with Crippen LogP contribution in [0.1, 0.15) is 12.8 Å². The molecular formula is C11H17FN2O3S. The minimum atomic E-state index is -3.90. The molecule has 3 N–H and O–H groups in total. The summed E-state index contributed by atoms with van der Waals surface area (Å²) in [6, 6.07) is 3.78. The molecule has 0 aliphatic rings. The van der Waals surface area contributed by atoms with Gasteiger partial charge in [-0.1, -0.05) is 6.07 Å². The van der Waals surface area contributed by atoms with Crippen LogP contribution in [0.5, 0.6) is 0 Å². The van der Waals surface area contributed by atoms with E-state index in [0.29, 0.717) is 13.0 Å². The Morgan fingerprint density at radius 1 is 1.39 bits per heavy atom. The second kappa shape index (κ2) is 6.67. The van der Waals surface area contributed by atoms with Gasteiger partial charge in [-0.2, -0.15) is 0 Å². The van der Waals surface area contributed by atoms with Crippen molar-refractivity contribution in [3.8, 4) is 0 Å². The van der Waals surface area contributed by atoms with Crippen molar-refractivity contribution in [2.24, 2.45) is 0 Å². The number of halogens is 1. The monoisotopic (exact) mass is 276 g/mol. The van der Waals surface area contributed by atoms with Gasteiger partial charge in [-0.25, -0.2) is 17.5 Å². The Morgan fingerprint density at radius 2 is 2.11 bits per heavy atom. The zero-order chi connectivity index (χ0) is 13.6. The number of rotatable bonds is 7. The van der Waals surface area contributed by atoms with Crippen molar-refractivity contribution in [3.63, 3.8) is 0 Å². The fraction of sp³-hybridized carbons (Fsp3) is 0.455. The third-order valence-corrected chi connectivity index (χ3v) is 3.89. The van der Waals surface area contributed by atoms with Gasteiger partial charge in [-0.3, -0.25) is 0 Å². The average Bonchev–Trinajstić information content (AvgIpc) is 2.28. The van der Waals surface area contributed by atoms with E-state index in [4.69, 9.17) is 10.5 Å². The first-order valence-corrected chi connectivity index (χ1v) is 7.00. The number of benzene rings is 1. The summed E-state index contributed by atoms with van der Waals surface area (Å²) in [5.41, 5.74) is 5.38. The summed E-state index contributed by atoms with van der Waals surface area (Å²) in [5.74, 6) is -0.848. The summed E-state index contributed by atoms with van der Waals surface area (Å²) in [6.45, 7) is 0.781. The van der Waals surface area contributed by atoms with Crippen LogP contribution in [0.2, 0.25) is 0 Å². The Kier molecular flexibility index (Phi) is 5.52. The van der Waals surface area contributed by atoms with Gasteiger partial charge >= 0.3 is 0 Å². The maximum Gasteiger partial charge on any atom is 0.245 e. The second-order valence-electron chi connectivity index (χ2n) is 3.76. The van der Waals surface area contributed by atoms with Crippen molar-refractivity contribution in [3.05, 3.63) is 24.0 Å². The molecule has 0 atom stereocenters. The number of methoxy groups -OCH3 is 1. The number of unbranched alkanes of at least 4 members (excludes halogenated alkanes) is 1. The molecule has 5 nitrogen and oxygen atoms in total. The molecule has 0 bridgehead atoms. The van der Waals surface area contributed by atoms with E-state index in [-0.39, 0.29) is 12.2 Å². The normalized spacial score (nSPS) is 11.7. The van der Waals surface area contributed by atoms with E-state index < -0.39 is 20.7 Å². The van der Waals surface area contributed by atoms with E-state index in [2.05, 4.69) is 4.72 Å². The first kappa shape index (κ1) is 14.9. The van der Waals surface area contributed by atoms with Crippen molar-refractivity contribution < 1.29 is 17.5 Å². The highest BCUT2D eigenvalue weighted by Crippen LogP contribution is 2.21. The molecule has 102 valence electrons. The van der Waals surface area contributed by atoms with Crippen molar-refractivity contribution >= 4 is 15.7 Å². The number of nitrogens with two attached hydrogens (primary N) is 1. The van der Waals surface area contributed by atoms with Gasteiger partial charge in [0.05, 0.1) is 5.69 Å². The summed E-state index contributed by atoms with van der Waals surface area (Å²) < 4.78 is 44.3. The maximum atomic E-state index is 13.5. The minimum Gasteiger partial charge on any atom is -0.398 e. The van der Waals surface area contributed by atoms with Crippen LogP contribution in [0, 0.1) is 5.82 Å². The number of hydrogen-bond acceptors (Lipinski definition) is 4. The third kappa shape index (κ3) is 3.94. The standard InChI is InChI=1S/C11H17FN2O3S/c1-17-8-3-2-7-14-18(15,16)11-9(12)5-4-6-10(11)13/h4-6,14H,2-3,7-8,13H2,1H3. The Morgan fingerprint density at radius 3 is 2.72 bits per heavy atom. The second-order valence-corrected chi connectivity index (χ2v) is 5.46. The molecule has 1 aromatic rings. The van der Waals surface area contributed by atoms with E-state index >= 15 is 0 Å². The number of sulfonamides is 1. The Hall–Kier alpha value is -1.18. The summed E-state index contributed by atoms with van der Waals surface area (Å²) in [7, 11) is -2.33. The fourth-order valence-electron chi connectivity index (χ4n) is 1.46. The molecule has 0 saturated carbocycles. The van der Waals surface area contributed by atoms with E-state index in [9.17, 15) is 12.8 Å². The van der Waals surface area contributed by atoms with Gasteiger partial charge in [-0.15, -0.1) is 0 Å². The highest BCUT2D eigenvalue weighted by atomic mass is 32.2. The molecular weight excluding hydrogens is 259 g/mol. The molecule has 0 saturated heterocycles. The number of hydrogen-bond donors (Lipinski definition) is 2. The molecule has 1 aromatic carbocycles. The predicted molar refractivity (Wildman–Crippen MR) is 67.1 cm³/mol. The third-order valence-electron chi connectivity index (χ3n) is 2.33. The Balaban J connectivity index is 2.69. The lowest BCUT2D eigenvalue weighted by molar-refractivity contribution is 0.193. The minimum absolute atomic E-state index is 0.0978. The van der Waals surface area contributed by atoms with E-state index in [0.717, 1.165) is 12.5 Å². The first-order valence-electron chi connectivity index (χ1n) is 5.51. The topological polar surface area (TPSA) is 81.4 Å². The molecule has 0 fully saturated rings. The van der Waals surface area contributed by atoms with Crippen LogP contribution in [-0.4, -0.2) is 28.7 Å². The summed E-state index contributed by atoms with van der Waals surface area (Å²) in [5, 5.41) is 0. The molecule has 7 heteroatoms. The number of anilines is 1. The molecule has 0 aliphatic heterocycles. The summed E-state index contributed by atoms with van der Waals surface area (Å²) in [6.07, 6.45) is 1.34. The molecule has 0 spiro atoms. The maximum absolute atomic E-state index is 13.5. The predicted octanol–water partition coefficient (Wildman–Crippen LogP) is 1.11. The number of ether oxygens (including phenoxy) is 1. The van der Waals surface area contributed by atoms with Crippen molar-refractivity contribution in [1.29, 1.82) is 0 Å². The van der Waals surface area contributed by atoms with Gasteiger partial charge < -0.3 is 10.5 Å². The van der Waals surface area contributed by atoms with E-state index in [1.54, 1.807) is 7.11 Å². The van der Waals surface area contributed by atoms with Crippen LogP contribution in [0.25, 0.3) is 0 Å². The molecule has 0 amide bonds. The van der Waals surface area contributed by atoms with Crippen LogP contribution in [0.3, 0.4) is 0 Å². The highest BCUT2D eigenvalue weighted by Gasteiger charge is 2.21. The van der Waals surface area contributed by atoms with Crippen LogP contribution in [0.15, 0.2) is 23.1 Å². The molecule has 0 aromatic heterocycles. The molecule has 0 unspecified atom stereocenters. The van der Waals surface area contributed by atoms with Gasteiger partial charge in [0, 0.05) is 20.3 Å². The van der Waals surface area contributed by atoms with Crippen LogP contribution in [0.4, 0.5) is 10.1 Å². The Labute approximate surface area is 106 Å². The van der Waals surface area contributed by atoms with Crippen molar-refractivity contribution in [1.82, 2.24) is 4.72 Å². The van der Waals surface area contributed by atoms with Crippen LogP contribution >= 0.6 is 0 Å². The first-order chi connectivity index (χ1) is 8.49. The lowest BCUT2D eigenvalue weighted by Crippen LogP contribution is -2.26. The lowest BCUT2D eigenvalue weighted by atomic mass is 10.3. The zero-order valence-corrected chi connectivity index (χ0v) is 11.0. The van der Waals surface area contributed by atoms with Gasteiger partial charge in [-0.05, 0) is 25.0 Å². The lowest BCUT2D eigenvalue weighted by Gasteiger charge is -2.09. The quantitative estimate of drug-likeness (QED) is 0.577. The number of nitrogen functional groups attached to an aromatic ring is 1. The van der Waals surface area contributed by atoms with Crippen LogP contribution < -0.4 is 10.5 Å². The zero-order valence-electron chi connectivity index (χ0n) is 10.1. The largest absolute Gasteiger partial charge is 0.398 e. The molecule has 1 rings (SSSR count). The summed E-state index contributed by atoms with van der Waals surface area (Å²) in [4.78, 5) is -0.489. The van der Waals surface area contributed by atoms with Crippen molar-refractivity contribution in [2.45, 2.75) is 17.7 Å². The van der Waals surface area contributed by atoms with Gasteiger partial charge in [0.2, 0.25) is 10.0 Å². The Bertz CT molecular complexity index is 471. The molecule has 18 heavy (non-hydrogen) atoms. The van der Waals surface area contributed by atoms with Gasteiger partial charge in [0.25, 0.3) is 0 Å². The average molecular weight is 276 g/mol. The summed E-state index contributed by atoms with van der Waals surface area (Å²) >= 11 is 0. The van der Waals surface area contributed by atoms with Gasteiger partial charge in [0.15, 0.2) is 0 Å². The van der Waals surface area contributed by atoms with Crippen LogP contribution in [-0.2, 0) is 14.8 Å². The number of nitrogens with one attached hydrogen (secondary N) is 1.